The maximum absolute atomic E-state index is 12.5. The summed E-state index contributed by atoms with van der Waals surface area (Å²) in [7, 11) is -4.20. The van der Waals surface area contributed by atoms with Gasteiger partial charge in [-0.25, -0.2) is 18.2 Å². The van der Waals surface area contributed by atoms with Crippen molar-refractivity contribution in [2.24, 2.45) is 0 Å². The summed E-state index contributed by atoms with van der Waals surface area (Å²) in [5, 5.41) is 8.23. The molecule has 0 unspecified atom stereocenters. The number of aromatic carboxylic acids is 1. The van der Waals surface area contributed by atoms with Gasteiger partial charge in [-0.2, -0.15) is 13.2 Å². The molecular formula is C13H8ClF3N2O4S. The van der Waals surface area contributed by atoms with Crippen LogP contribution in [0.4, 0.5) is 19.0 Å². The minimum Gasteiger partial charge on any atom is -0.478 e. The Hall–Kier alpha value is -2.33. The number of nitrogens with zero attached hydrogens (tertiary/aromatic N) is 1. The van der Waals surface area contributed by atoms with Crippen LogP contribution in [-0.2, 0) is 16.2 Å². The molecule has 128 valence electrons. The summed E-state index contributed by atoms with van der Waals surface area (Å²) in [5.41, 5.74) is -1.25. The Labute approximate surface area is 139 Å². The number of sulfonamides is 1. The summed E-state index contributed by atoms with van der Waals surface area (Å²) in [5.74, 6) is -1.72. The molecule has 0 aliphatic heterocycles. The normalized spacial score (nSPS) is 12.0. The summed E-state index contributed by atoms with van der Waals surface area (Å²) >= 11 is 5.63. The van der Waals surface area contributed by atoms with Gasteiger partial charge in [-0.3, -0.25) is 4.72 Å². The van der Waals surface area contributed by atoms with E-state index in [4.69, 9.17) is 16.7 Å². The Morgan fingerprint density at radius 3 is 2.25 bits per heavy atom. The Kier molecular flexibility index (Phi) is 4.72. The van der Waals surface area contributed by atoms with E-state index >= 15 is 0 Å². The van der Waals surface area contributed by atoms with Crippen LogP contribution in [0.15, 0.2) is 41.4 Å². The van der Waals surface area contributed by atoms with Crippen LogP contribution in [0.25, 0.3) is 0 Å². The Bertz CT molecular complexity index is 883. The number of benzene rings is 1. The molecule has 11 heteroatoms. The van der Waals surface area contributed by atoms with Crippen LogP contribution < -0.4 is 4.72 Å². The van der Waals surface area contributed by atoms with E-state index in [0.29, 0.717) is 12.3 Å². The number of anilines is 1. The average molecular weight is 381 g/mol. The molecule has 24 heavy (non-hydrogen) atoms. The molecular weight excluding hydrogens is 373 g/mol. The lowest BCUT2D eigenvalue weighted by Crippen LogP contribution is -2.15. The maximum Gasteiger partial charge on any atom is 0.417 e. The second-order valence-electron chi connectivity index (χ2n) is 4.49. The van der Waals surface area contributed by atoms with Crippen LogP contribution in [0.5, 0.6) is 0 Å². The molecule has 2 N–H and O–H groups in total. The van der Waals surface area contributed by atoms with Gasteiger partial charge in [0.2, 0.25) is 0 Å². The monoisotopic (exact) mass is 380 g/mol. The van der Waals surface area contributed by atoms with E-state index in [9.17, 15) is 26.4 Å². The van der Waals surface area contributed by atoms with Gasteiger partial charge in [0, 0.05) is 6.20 Å². The first-order chi connectivity index (χ1) is 11.0. The highest BCUT2D eigenvalue weighted by Gasteiger charge is 2.32. The highest BCUT2D eigenvalue weighted by Crippen LogP contribution is 2.32. The quantitative estimate of drug-likeness (QED) is 0.848. The summed E-state index contributed by atoms with van der Waals surface area (Å²) in [4.78, 5) is 13.8. The van der Waals surface area contributed by atoms with Crippen molar-refractivity contribution >= 4 is 33.4 Å². The number of carbonyl (C=O) groups is 1. The zero-order chi connectivity index (χ0) is 18.1. The number of hydrogen-bond donors (Lipinski definition) is 2. The summed E-state index contributed by atoms with van der Waals surface area (Å²) < 4.78 is 63.8. The number of halogens is 4. The van der Waals surface area contributed by atoms with E-state index in [1.54, 1.807) is 0 Å². The average Bonchev–Trinajstić information content (AvgIpc) is 2.48. The molecule has 0 atom stereocenters. The minimum atomic E-state index is -4.67. The van der Waals surface area contributed by atoms with Crippen molar-refractivity contribution in [3.8, 4) is 0 Å². The number of carboxylic acid groups (broad SMARTS) is 1. The molecule has 0 saturated carbocycles. The molecule has 1 aromatic heterocycles. The summed E-state index contributed by atoms with van der Waals surface area (Å²) in [6.45, 7) is 0. The molecule has 1 heterocycles. The van der Waals surface area contributed by atoms with Crippen molar-refractivity contribution in [1.82, 2.24) is 4.98 Å². The largest absolute Gasteiger partial charge is 0.478 e. The maximum atomic E-state index is 12.5. The number of alkyl halides is 3. The number of nitrogens with one attached hydrogen (secondary N) is 1. The molecule has 0 aliphatic rings. The lowest BCUT2D eigenvalue weighted by atomic mass is 10.2. The number of hydrogen-bond acceptors (Lipinski definition) is 4. The lowest BCUT2D eigenvalue weighted by Gasteiger charge is -2.11. The van der Waals surface area contributed by atoms with Crippen LogP contribution in [0.3, 0.4) is 0 Å². The van der Waals surface area contributed by atoms with Gasteiger partial charge < -0.3 is 5.11 Å². The third-order valence-electron chi connectivity index (χ3n) is 2.81. The number of carboxylic acids is 1. The summed E-state index contributed by atoms with van der Waals surface area (Å²) in [6.07, 6.45) is -4.22. The third kappa shape index (κ3) is 3.95. The van der Waals surface area contributed by atoms with Gasteiger partial charge in [-0.15, -0.1) is 0 Å². The van der Waals surface area contributed by atoms with Crippen molar-refractivity contribution in [2.75, 3.05) is 4.72 Å². The Morgan fingerprint density at radius 1 is 1.21 bits per heavy atom. The van der Waals surface area contributed by atoms with Gasteiger partial charge >= 0.3 is 12.1 Å². The Morgan fingerprint density at radius 2 is 1.79 bits per heavy atom. The minimum absolute atomic E-state index is 0.125. The molecule has 0 bridgehead atoms. The fourth-order valence-corrected chi connectivity index (χ4v) is 2.93. The molecule has 1 aromatic carbocycles. The highest BCUT2D eigenvalue weighted by atomic mass is 35.5. The molecule has 0 saturated heterocycles. The van der Waals surface area contributed by atoms with Gasteiger partial charge in [-0.05, 0) is 30.3 Å². The third-order valence-corrected chi connectivity index (χ3v) is 4.45. The van der Waals surface area contributed by atoms with Crippen LogP contribution >= 0.6 is 11.6 Å². The fourth-order valence-electron chi connectivity index (χ4n) is 1.63. The molecule has 0 radical (unpaired) electrons. The van der Waals surface area contributed by atoms with Gasteiger partial charge in [0.05, 0.1) is 21.0 Å². The second-order valence-corrected chi connectivity index (χ2v) is 6.58. The predicted octanol–water partition coefficient (Wildman–Crippen LogP) is 3.25. The van der Waals surface area contributed by atoms with E-state index < -0.39 is 38.6 Å². The van der Waals surface area contributed by atoms with E-state index in [0.717, 1.165) is 24.3 Å². The van der Waals surface area contributed by atoms with Crippen LogP contribution in [-0.4, -0.2) is 24.5 Å². The van der Waals surface area contributed by atoms with Crippen LogP contribution in [0, 0.1) is 0 Å². The van der Waals surface area contributed by atoms with Gasteiger partial charge in [0.1, 0.15) is 0 Å². The van der Waals surface area contributed by atoms with E-state index in [2.05, 4.69) is 4.98 Å². The van der Waals surface area contributed by atoms with E-state index in [1.807, 2.05) is 4.72 Å². The topological polar surface area (TPSA) is 96.4 Å². The van der Waals surface area contributed by atoms with Crippen molar-refractivity contribution < 1.29 is 31.5 Å². The smallest absolute Gasteiger partial charge is 0.417 e. The van der Waals surface area contributed by atoms with Crippen LogP contribution in [0.1, 0.15) is 15.9 Å². The van der Waals surface area contributed by atoms with Crippen molar-refractivity contribution in [3.05, 3.63) is 52.7 Å². The van der Waals surface area contributed by atoms with Crippen molar-refractivity contribution in [1.29, 1.82) is 0 Å². The van der Waals surface area contributed by atoms with Crippen molar-refractivity contribution in [3.63, 3.8) is 0 Å². The predicted molar refractivity (Wildman–Crippen MR) is 78.5 cm³/mol. The van der Waals surface area contributed by atoms with Gasteiger partial charge in [0.25, 0.3) is 10.0 Å². The molecule has 2 rings (SSSR count). The number of aromatic nitrogens is 1. The SMILES string of the molecule is O=C(O)c1ccc(S(=O)(=O)Nc2ncc(C(F)(F)F)cc2Cl)cc1. The fraction of sp³-hybridized carbons (Fsp3) is 0.0769. The molecule has 6 nitrogen and oxygen atoms in total. The molecule has 0 fully saturated rings. The van der Waals surface area contributed by atoms with Gasteiger partial charge in [-0.1, -0.05) is 11.6 Å². The first kappa shape index (κ1) is 18.0. The van der Waals surface area contributed by atoms with Crippen LogP contribution in [0.2, 0.25) is 5.02 Å². The standard InChI is InChI=1S/C13H8ClF3N2O4S/c14-10-5-8(13(15,16)17)6-18-11(10)19-24(22,23)9-3-1-7(2-4-9)12(20)21/h1-6H,(H,18,19)(H,20,21). The van der Waals surface area contributed by atoms with E-state index in [-0.39, 0.29) is 10.5 Å². The van der Waals surface area contributed by atoms with Crippen molar-refractivity contribution in [2.45, 2.75) is 11.1 Å². The zero-order valence-electron chi connectivity index (χ0n) is 11.5. The highest BCUT2D eigenvalue weighted by molar-refractivity contribution is 7.92. The molecule has 2 aromatic rings. The molecule has 0 aliphatic carbocycles. The molecule has 0 spiro atoms. The zero-order valence-corrected chi connectivity index (χ0v) is 13.1. The summed E-state index contributed by atoms with van der Waals surface area (Å²) in [6, 6.07) is 4.74. The van der Waals surface area contributed by atoms with E-state index in [1.165, 1.54) is 0 Å². The first-order valence-corrected chi connectivity index (χ1v) is 7.96. The first-order valence-electron chi connectivity index (χ1n) is 6.09. The number of rotatable bonds is 4. The molecule has 0 amide bonds. The van der Waals surface area contributed by atoms with Gasteiger partial charge in [0.15, 0.2) is 5.82 Å². The lowest BCUT2D eigenvalue weighted by molar-refractivity contribution is -0.137. The Balaban J connectivity index is 2.31. The number of pyridine rings is 1. The second kappa shape index (κ2) is 6.29.